The molecule has 1 aliphatic carbocycles. The molecule has 0 aromatic rings. The monoisotopic (exact) mass is 253 g/mol. The number of nitrogens with zero attached hydrogens (tertiary/aromatic N) is 2. The van der Waals surface area contributed by atoms with E-state index >= 15 is 0 Å². The van der Waals surface area contributed by atoms with E-state index < -0.39 is 0 Å². The lowest BCUT2D eigenvalue weighted by molar-refractivity contribution is 0.0554. The first-order valence-corrected chi connectivity index (χ1v) is 7.92. The summed E-state index contributed by atoms with van der Waals surface area (Å²) >= 11 is 0. The van der Waals surface area contributed by atoms with Crippen molar-refractivity contribution in [2.24, 2.45) is 11.7 Å². The van der Waals surface area contributed by atoms with Gasteiger partial charge in [-0.15, -0.1) is 0 Å². The minimum Gasteiger partial charge on any atom is -0.329 e. The van der Waals surface area contributed by atoms with Crippen LogP contribution < -0.4 is 5.73 Å². The molecule has 0 radical (unpaired) electrons. The van der Waals surface area contributed by atoms with E-state index in [4.69, 9.17) is 5.73 Å². The van der Waals surface area contributed by atoms with Gasteiger partial charge in [0.15, 0.2) is 0 Å². The maximum atomic E-state index is 5.76. The van der Waals surface area contributed by atoms with Gasteiger partial charge in [-0.3, -0.25) is 9.80 Å². The molecule has 1 heterocycles. The molecule has 1 saturated heterocycles. The molecule has 18 heavy (non-hydrogen) atoms. The van der Waals surface area contributed by atoms with E-state index in [1.165, 1.54) is 58.3 Å². The molecule has 1 aliphatic heterocycles. The van der Waals surface area contributed by atoms with E-state index in [-0.39, 0.29) is 0 Å². The molecule has 2 N–H and O–H groups in total. The van der Waals surface area contributed by atoms with Crippen molar-refractivity contribution < 1.29 is 0 Å². The summed E-state index contributed by atoms with van der Waals surface area (Å²) in [7, 11) is 0. The van der Waals surface area contributed by atoms with Crippen molar-refractivity contribution in [1.29, 1.82) is 0 Å². The van der Waals surface area contributed by atoms with Crippen LogP contribution in [0, 0.1) is 5.92 Å². The van der Waals surface area contributed by atoms with Crippen molar-refractivity contribution in [3.8, 4) is 0 Å². The molecule has 0 aromatic heterocycles. The van der Waals surface area contributed by atoms with Crippen molar-refractivity contribution >= 4 is 0 Å². The lowest BCUT2D eigenvalue weighted by Crippen LogP contribution is -2.54. The Morgan fingerprint density at radius 2 is 1.67 bits per heavy atom. The average Bonchev–Trinajstić information content (AvgIpc) is 2.47. The Morgan fingerprint density at radius 1 is 1.06 bits per heavy atom. The van der Waals surface area contributed by atoms with Crippen LogP contribution in [0.15, 0.2) is 0 Å². The molecule has 2 aliphatic rings. The lowest BCUT2D eigenvalue weighted by atomic mass is 9.84. The molecule has 1 saturated carbocycles. The van der Waals surface area contributed by atoms with E-state index in [1.54, 1.807) is 0 Å². The number of hydrogen-bond acceptors (Lipinski definition) is 3. The highest BCUT2D eigenvalue weighted by molar-refractivity contribution is 4.84. The predicted octanol–water partition coefficient (Wildman–Crippen LogP) is 1.92. The third-order valence-electron chi connectivity index (χ3n) is 5.22. The van der Waals surface area contributed by atoms with E-state index in [1.807, 2.05) is 0 Å². The molecule has 3 nitrogen and oxygen atoms in total. The van der Waals surface area contributed by atoms with Crippen LogP contribution in [0.4, 0.5) is 0 Å². The first-order chi connectivity index (χ1) is 8.74. The molecule has 0 aromatic carbocycles. The summed E-state index contributed by atoms with van der Waals surface area (Å²) in [6.45, 7) is 10.3. The van der Waals surface area contributed by atoms with Crippen molar-refractivity contribution in [2.45, 2.75) is 58.0 Å². The Balaban J connectivity index is 1.73. The maximum Gasteiger partial charge on any atom is 0.0191 e. The first-order valence-electron chi connectivity index (χ1n) is 7.92. The zero-order valence-corrected chi connectivity index (χ0v) is 12.3. The second-order valence-electron chi connectivity index (χ2n) is 6.24. The molecule has 106 valence electrons. The molecule has 2 fully saturated rings. The highest BCUT2D eigenvalue weighted by Gasteiger charge is 2.28. The van der Waals surface area contributed by atoms with Crippen LogP contribution in [-0.2, 0) is 0 Å². The van der Waals surface area contributed by atoms with Crippen LogP contribution in [-0.4, -0.2) is 54.6 Å². The van der Waals surface area contributed by atoms with Gasteiger partial charge in [0.1, 0.15) is 0 Å². The highest BCUT2D eigenvalue weighted by atomic mass is 15.3. The summed E-state index contributed by atoms with van der Waals surface area (Å²) in [6.07, 6.45) is 7.17. The normalized spacial score (nSPS) is 33.5. The third kappa shape index (κ3) is 3.46. The molecule has 0 spiro atoms. The Kier molecular flexibility index (Phi) is 5.46. The maximum absolute atomic E-state index is 5.76. The fraction of sp³-hybridized carbons (Fsp3) is 1.00. The van der Waals surface area contributed by atoms with Crippen molar-refractivity contribution in [3.05, 3.63) is 0 Å². The van der Waals surface area contributed by atoms with Crippen LogP contribution >= 0.6 is 0 Å². The Morgan fingerprint density at radius 3 is 2.17 bits per heavy atom. The third-order valence-corrected chi connectivity index (χ3v) is 5.22. The molecule has 0 bridgehead atoms. The van der Waals surface area contributed by atoms with Gasteiger partial charge in [0.05, 0.1) is 0 Å². The van der Waals surface area contributed by atoms with Gasteiger partial charge in [0.25, 0.3) is 0 Å². The van der Waals surface area contributed by atoms with Crippen molar-refractivity contribution in [1.82, 2.24) is 9.80 Å². The SMILES string of the molecule is CCC1CCC(N2CCN(C(C)CN)CC2)CC1. The summed E-state index contributed by atoms with van der Waals surface area (Å²) < 4.78 is 0. The Hall–Kier alpha value is -0.120. The molecule has 1 unspecified atom stereocenters. The number of piperazine rings is 1. The Bertz CT molecular complexity index is 228. The first kappa shape index (κ1) is 14.3. The van der Waals surface area contributed by atoms with Crippen LogP contribution in [0.5, 0.6) is 0 Å². The summed E-state index contributed by atoms with van der Waals surface area (Å²) in [4.78, 5) is 5.29. The fourth-order valence-electron chi connectivity index (χ4n) is 3.61. The van der Waals surface area contributed by atoms with Gasteiger partial charge < -0.3 is 5.73 Å². The number of hydrogen-bond donors (Lipinski definition) is 1. The van der Waals surface area contributed by atoms with Gasteiger partial charge in [-0.1, -0.05) is 13.3 Å². The van der Waals surface area contributed by atoms with E-state index in [0.29, 0.717) is 6.04 Å². The van der Waals surface area contributed by atoms with E-state index in [9.17, 15) is 0 Å². The summed E-state index contributed by atoms with van der Waals surface area (Å²) in [5, 5.41) is 0. The Labute approximate surface area is 113 Å². The van der Waals surface area contributed by atoms with E-state index in [0.717, 1.165) is 18.5 Å². The van der Waals surface area contributed by atoms with Crippen LogP contribution in [0.25, 0.3) is 0 Å². The fourth-order valence-corrected chi connectivity index (χ4v) is 3.61. The molecule has 3 heteroatoms. The summed E-state index contributed by atoms with van der Waals surface area (Å²) in [6, 6.07) is 1.44. The minimum absolute atomic E-state index is 0.558. The zero-order valence-electron chi connectivity index (χ0n) is 12.3. The van der Waals surface area contributed by atoms with E-state index in [2.05, 4.69) is 23.6 Å². The minimum atomic E-state index is 0.558. The van der Waals surface area contributed by atoms with Crippen molar-refractivity contribution in [3.63, 3.8) is 0 Å². The standard InChI is InChI=1S/C15H31N3/c1-3-14-4-6-15(7-5-14)18-10-8-17(9-11-18)13(2)12-16/h13-15H,3-12,16H2,1-2H3. The van der Waals surface area contributed by atoms with Crippen LogP contribution in [0.3, 0.4) is 0 Å². The quantitative estimate of drug-likeness (QED) is 0.831. The highest BCUT2D eigenvalue weighted by Crippen LogP contribution is 2.29. The van der Waals surface area contributed by atoms with Crippen LogP contribution in [0.2, 0.25) is 0 Å². The molecule has 2 rings (SSSR count). The average molecular weight is 253 g/mol. The van der Waals surface area contributed by atoms with Gasteiger partial charge >= 0.3 is 0 Å². The second-order valence-corrected chi connectivity index (χ2v) is 6.24. The number of nitrogens with two attached hydrogens (primary N) is 1. The molecule has 1 atom stereocenters. The summed E-state index contributed by atoms with van der Waals surface area (Å²) in [5.74, 6) is 1.01. The van der Waals surface area contributed by atoms with Gasteiger partial charge in [-0.2, -0.15) is 0 Å². The van der Waals surface area contributed by atoms with Crippen molar-refractivity contribution in [2.75, 3.05) is 32.7 Å². The van der Waals surface area contributed by atoms with Crippen LogP contribution in [0.1, 0.15) is 46.0 Å². The smallest absolute Gasteiger partial charge is 0.0191 e. The molecular weight excluding hydrogens is 222 g/mol. The predicted molar refractivity (Wildman–Crippen MR) is 77.7 cm³/mol. The topological polar surface area (TPSA) is 32.5 Å². The van der Waals surface area contributed by atoms with Gasteiger partial charge in [-0.05, 0) is 38.5 Å². The van der Waals surface area contributed by atoms with Gasteiger partial charge in [0.2, 0.25) is 0 Å². The number of rotatable bonds is 4. The molecular formula is C15H31N3. The lowest BCUT2D eigenvalue weighted by Gasteiger charge is -2.43. The summed E-state index contributed by atoms with van der Waals surface area (Å²) in [5.41, 5.74) is 5.76. The zero-order chi connectivity index (χ0) is 13.0. The largest absolute Gasteiger partial charge is 0.329 e. The molecule has 0 amide bonds. The van der Waals surface area contributed by atoms with Gasteiger partial charge in [-0.25, -0.2) is 0 Å². The van der Waals surface area contributed by atoms with Gasteiger partial charge in [0, 0.05) is 44.8 Å². The second kappa shape index (κ2) is 6.88.